The van der Waals surface area contributed by atoms with Gasteiger partial charge in [0.2, 0.25) is 5.91 Å². The number of ether oxygens (including phenoxy) is 1. The minimum Gasteiger partial charge on any atom is -0.493 e. The van der Waals surface area contributed by atoms with Crippen LogP contribution in [0.25, 0.3) is 11.0 Å². The monoisotopic (exact) mass is 247 g/mol. The Morgan fingerprint density at radius 2 is 2.28 bits per heavy atom. The standard InChI is InChI=1S/C14H17NO3/c1-4-13(16)15-9(2)12-8-10-6-5-7-11(17-3)14(10)18-12/h5-9H,4H2,1-3H3,(H,15,16)/t9-/m1/s1. The van der Waals surface area contributed by atoms with E-state index in [1.807, 2.05) is 38.1 Å². The van der Waals surface area contributed by atoms with Crippen LogP contribution in [0, 0.1) is 0 Å². The summed E-state index contributed by atoms with van der Waals surface area (Å²) in [5, 5.41) is 3.84. The van der Waals surface area contributed by atoms with Crippen molar-refractivity contribution < 1.29 is 13.9 Å². The van der Waals surface area contributed by atoms with Crippen molar-refractivity contribution in [3.8, 4) is 5.75 Å². The molecule has 2 aromatic rings. The molecule has 0 aliphatic heterocycles. The van der Waals surface area contributed by atoms with E-state index >= 15 is 0 Å². The molecule has 0 aliphatic carbocycles. The van der Waals surface area contributed by atoms with Gasteiger partial charge < -0.3 is 14.5 Å². The molecule has 0 saturated heterocycles. The Bertz CT molecular complexity index is 559. The molecule has 0 saturated carbocycles. The third-order valence-electron chi connectivity index (χ3n) is 2.87. The van der Waals surface area contributed by atoms with Gasteiger partial charge in [-0.25, -0.2) is 0 Å². The SMILES string of the molecule is CCC(=O)N[C@H](C)c1cc2cccc(OC)c2o1. The summed E-state index contributed by atoms with van der Waals surface area (Å²) < 4.78 is 11.0. The predicted molar refractivity (Wildman–Crippen MR) is 69.6 cm³/mol. The molecule has 0 bridgehead atoms. The van der Waals surface area contributed by atoms with E-state index < -0.39 is 0 Å². The Labute approximate surface area is 106 Å². The number of benzene rings is 1. The molecule has 2 rings (SSSR count). The molecule has 0 unspecified atom stereocenters. The van der Waals surface area contributed by atoms with Gasteiger partial charge in [0.1, 0.15) is 5.76 Å². The summed E-state index contributed by atoms with van der Waals surface area (Å²) >= 11 is 0. The second-order valence-electron chi connectivity index (χ2n) is 4.17. The van der Waals surface area contributed by atoms with Crippen molar-refractivity contribution in [1.82, 2.24) is 5.32 Å². The van der Waals surface area contributed by atoms with Crippen LogP contribution in [0.1, 0.15) is 32.1 Å². The molecule has 1 aromatic carbocycles. The Hall–Kier alpha value is -1.97. The molecule has 0 spiro atoms. The molecule has 1 aromatic heterocycles. The van der Waals surface area contributed by atoms with Crippen molar-refractivity contribution in [2.24, 2.45) is 0 Å². The molecule has 96 valence electrons. The molecule has 0 aliphatic rings. The van der Waals surface area contributed by atoms with E-state index in [1.54, 1.807) is 7.11 Å². The van der Waals surface area contributed by atoms with Crippen molar-refractivity contribution in [2.75, 3.05) is 7.11 Å². The number of hydrogen-bond acceptors (Lipinski definition) is 3. The highest BCUT2D eigenvalue weighted by Crippen LogP contribution is 2.30. The minimum absolute atomic E-state index is 0.00919. The zero-order valence-electron chi connectivity index (χ0n) is 10.8. The number of nitrogens with one attached hydrogen (secondary N) is 1. The van der Waals surface area contributed by atoms with E-state index in [2.05, 4.69) is 5.32 Å². The molecule has 4 nitrogen and oxygen atoms in total. The number of carbonyl (C=O) groups excluding carboxylic acids is 1. The summed E-state index contributed by atoms with van der Waals surface area (Å²) in [7, 11) is 1.61. The lowest BCUT2D eigenvalue weighted by Gasteiger charge is -2.09. The van der Waals surface area contributed by atoms with Crippen LogP contribution in [0.2, 0.25) is 0 Å². The highest BCUT2D eigenvalue weighted by atomic mass is 16.5. The number of carbonyl (C=O) groups is 1. The fourth-order valence-corrected chi connectivity index (χ4v) is 1.85. The van der Waals surface area contributed by atoms with Gasteiger partial charge in [-0.3, -0.25) is 4.79 Å². The molecule has 1 amide bonds. The molecular formula is C14H17NO3. The zero-order valence-corrected chi connectivity index (χ0v) is 10.8. The molecule has 18 heavy (non-hydrogen) atoms. The maximum absolute atomic E-state index is 11.4. The minimum atomic E-state index is -0.144. The summed E-state index contributed by atoms with van der Waals surface area (Å²) in [6.07, 6.45) is 0.466. The lowest BCUT2D eigenvalue weighted by atomic mass is 10.2. The Morgan fingerprint density at radius 1 is 1.50 bits per heavy atom. The lowest BCUT2D eigenvalue weighted by molar-refractivity contribution is -0.121. The van der Waals surface area contributed by atoms with Crippen molar-refractivity contribution in [2.45, 2.75) is 26.3 Å². The van der Waals surface area contributed by atoms with E-state index in [9.17, 15) is 4.79 Å². The average Bonchev–Trinajstić information content (AvgIpc) is 2.82. The number of amides is 1. The fourth-order valence-electron chi connectivity index (χ4n) is 1.85. The normalized spacial score (nSPS) is 12.4. The zero-order chi connectivity index (χ0) is 13.1. The van der Waals surface area contributed by atoms with Gasteiger partial charge in [-0.1, -0.05) is 19.1 Å². The first-order valence-corrected chi connectivity index (χ1v) is 6.01. The number of furan rings is 1. The molecule has 0 fully saturated rings. The first-order valence-electron chi connectivity index (χ1n) is 6.01. The van der Waals surface area contributed by atoms with Crippen LogP contribution in [-0.2, 0) is 4.79 Å². The third-order valence-corrected chi connectivity index (χ3v) is 2.87. The van der Waals surface area contributed by atoms with Crippen LogP contribution in [0.3, 0.4) is 0 Å². The Balaban J connectivity index is 2.32. The number of rotatable bonds is 4. The summed E-state index contributed by atoms with van der Waals surface area (Å²) in [5.74, 6) is 1.44. The van der Waals surface area contributed by atoms with Gasteiger partial charge >= 0.3 is 0 Å². The van der Waals surface area contributed by atoms with Gasteiger partial charge in [-0.05, 0) is 19.1 Å². The topological polar surface area (TPSA) is 51.5 Å². The number of methoxy groups -OCH3 is 1. The second kappa shape index (κ2) is 5.12. The highest BCUT2D eigenvalue weighted by molar-refractivity contribution is 5.84. The first kappa shape index (κ1) is 12.5. The van der Waals surface area contributed by atoms with Crippen LogP contribution in [-0.4, -0.2) is 13.0 Å². The second-order valence-corrected chi connectivity index (χ2v) is 4.17. The number of hydrogen-bond donors (Lipinski definition) is 1. The molecule has 1 atom stereocenters. The van der Waals surface area contributed by atoms with Gasteiger partial charge in [0, 0.05) is 11.8 Å². The van der Waals surface area contributed by atoms with Crippen LogP contribution >= 0.6 is 0 Å². The van der Waals surface area contributed by atoms with Gasteiger partial charge in [0.25, 0.3) is 0 Å². The maximum atomic E-state index is 11.4. The van der Waals surface area contributed by atoms with Gasteiger partial charge in [0.15, 0.2) is 11.3 Å². The van der Waals surface area contributed by atoms with Crippen LogP contribution in [0.4, 0.5) is 0 Å². The van der Waals surface area contributed by atoms with E-state index in [4.69, 9.17) is 9.15 Å². The Kier molecular flexibility index (Phi) is 3.55. The fraction of sp³-hybridized carbons (Fsp3) is 0.357. The summed E-state index contributed by atoms with van der Waals surface area (Å²) in [5.41, 5.74) is 0.715. The van der Waals surface area contributed by atoms with E-state index in [1.165, 1.54) is 0 Å². The predicted octanol–water partition coefficient (Wildman–Crippen LogP) is 3.03. The van der Waals surface area contributed by atoms with Crippen molar-refractivity contribution in [1.29, 1.82) is 0 Å². The van der Waals surface area contributed by atoms with Crippen LogP contribution < -0.4 is 10.1 Å². The molecule has 1 N–H and O–H groups in total. The van der Waals surface area contributed by atoms with Crippen LogP contribution in [0.5, 0.6) is 5.75 Å². The third kappa shape index (κ3) is 2.32. The Morgan fingerprint density at radius 3 is 2.94 bits per heavy atom. The number of fused-ring (bicyclic) bond motifs is 1. The van der Waals surface area contributed by atoms with E-state index in [0.29, 0.717) is 17.8 Å². The first-order chi connectivity index (χ1) is 8.65. The highest BCUT2D eigenvalue weighted by Gasteiger charge is 2.15. The summed E-state index contributed by atoms with van der Waals surface area (Å²) in [6.45, 7) is 3.72. The molecule has 1 heterocycles. The summed E-state index contributed by atoms with van der Waals surface area (Å²) in [6, 6.07) is 7.51. The van der Waals surface area contributed by atoms with Crippen molar-refractivity contribution in [3.05, 3.63) is 30.0 Å². The van der Waals surface area contributed by atoms with E-state index in [0.717, 1.165) is 11.1 Å². The number of para-hydroxylation sites is 1. The molecular weight excluding hydrogens is 230 g/mol. The van der Waals surface area contributed by atoms with Crippen molar-refractivity contribution in [3.63, 3.8) is 0 Å². The smallest absolute Gasteiger partial charge is 0.220 e. The average molecular weight is 247 g/mol. The molecule has 4 heteroatoms. The molecule has 0 radical (unpaired) electrons. The summed E-state index contributed by atoms with van der Waals surface area (Å²) in [4.78, 5) is 11.4. The lowest BCUT2D eigenvalue weighted by Crippen LogP contribution is -2.25. The van der Waals surface area contributed by atoms with Crippen LogP contribution in [0.15, 0.2) is 28.7 Å². The van der Waals surface area contributed by atoms with Crippen molar-refractivity contribution >= 4 is 16.9 Å². The van der Waals surface area contributed by atoms with Gasteiger partial charge in [0.05, 0.1) is 13.2 Å². The maximum Gasteiger partial charge on any atom is 0.220 e. The largest absolute Gasteiger partial charge is 0.493 e. The van der Waals surface area contributed by atoms with Gasteiger partial charge in [-0.2, -0.15) is 0 Å². The van der Waals surface area contributed by atoms with Gasteiger partial charge in [-0.15, -0.1) is 0 Å². The quantitative estimate of drug-likeness (QED) is 0.903. The van der Waals surface area contributed by atoms with E-state index in [-0.39, 0.29) is 11.9 Å².